The van der Waals surface area contributed by atoms with E-state index in [0.29, 0.717) is 16.4 Å². The van der Waals surface area contributed by atoms with Crippen LogP contribution < -0.4 is 10.6 Å². The molecule has 0 aliphatic carbocycles. The Balaban J connectivity index is 1.92. The van der Waals surface area contributed by atoms with Gasteiger partial charge in [-0.1, -0.05) is 29.3 Å². The number of halogens is 2. The van der Waals surface area contributed by atoms with Gasteiger partial charge in [0.25, 0.3) is 5.91 Å². The van der Waals surface area contributed by atoms with Gasteiger partial charge in [0.05, 0.1) is 10.6 Å². The summed E-state index contributed by atoms with van der Waals surface area (Å²) in [6, 6.07) is 10.9. The number of amides is 2. The van der Waals surface area contributed by atoms with E-state index in [2.05, 4.69) is 10.6 Å². The third-order valence-electron chi connectivity index (χ3n) is 2.95. The van der Waals surface area contributed by atoms with E-state index in [1.54, 1.807) is 24.3 Å². The zero-order chi connectivity index (χ0) is 18.4. The molecule has 130 valence electrons. The lowest BCUT2D eigenvalue weighted by Crippen LogP contribution is -2.21. The molecule has 2 N–H and O–H groups in total. The fourth-order valence-corrected chi connectivity index (χ4v) is 2.42. The predicted molar refractivity (Wildman–Crippen MR) is 96.1 cm³/mol. The Bertz CT molecular complexity index is 824. The highest BCUT2D eigenvalue weighted by molar-refractivity contribution is 6.36. The summed E-state index contributed by atoms with van der Waals surface area (Å²) in [4.78, 5) is 34.9. The lowest BCUT2D eigenvalue weighted by Gasteiger charge is -2.09. The standard InChI is InChI=1S/C17H14Cl2N2O4/c1-10(22)20-12-3-2-4-13(8-12)21-16(23)9-25-17(24)14-6-5-11(18)7-15(14)19/h2-8H,9H2,1H3,(H,20,22)(H,21,23). The first-order valence-corrected chi connectivity index (χ1v) is 7.90. The van der Waals surface area contributed by atoms with E-state index in [9.17, 15) is 14.4 Å². The summed E-state index contributed by atoms with van der Waals surface area (Å²) in [6.45, 7) is 0.898. The Morgan fingerprint density at radius 1 is 1.00 bits per heavy atom. The normalized spacial score (nSPS) is 10.0. The van der Waals surface area contributed by atoms with Gasteiger partial charge in [0.2, 0.25) is 5.91 Å². The number of anilines is 2. The van der Waals surface area contributed by atoms with Crippen molar-refractivity contribution < 1.29 is 19.1 Å². The van der Waals surface area contributed by atoms with Crippen LogP contribution in [0.4, 0.5) is 11.4 Å². The van der Waals surface area contributed by atoms with Gasteiger partial charge in [-0.15, -0.1) is 0 Å². The first-order valence-electron chi connectivity index (χ1n) is 7.15. The molecule has 0 radical (unpaired) electrons. The summed E-state index contributed by atoms with van der Waals surface area (Å²) in [7, 11) is 0. The van der Waals surface area contributed by atoms with Crippen molar-refractivity contribution in [3.05, 3.63) is 58.1 Å². The van der Waals surface area contributed by atoms with Crippen LogP contribution in [-0.4, -0.2) is 24.4 Å². The topological polar surface area (TPSA) is 84.5 Å². The molecule has 0 spiro atoms. The van der Waals surface area contributed by atoms with Crippen LogP contribution in [0.1, 0.15) is 17.3 Å². The van der Waals surface area contributed by atoms with Crippen molar-refractivity contribution in [3.63, 3.8) is 0 Å². The fourth-order valence-electron chi connectivity index (χ4n) is 1.94. The van der Waals surface area contributed by atoms with Crippen LogP contribution in [-0.2, 0) is 14.3 Å². The van der Waals surface area contributed by atoms with Gasteiger partial charge in [-0.05, 0) is 36.4 Å². The molecule has 25 heavy (non-hydrogen) atoms. The summed E-state index contributed by atoms with van der Waals surface area (Å²) in [5.41, 5.74) is 1.11. The molecule has 0 atom stereocenters. The highest BCUT2D eigenvalue weighted by Crippen LogP contribution is 2.21. The average Bonchev–Trinajstić information content (AvgIpc) is 2.52. The molecule has 0 aliphatic heterocycles. The molecule has 2 aromatic carbocycles. The molecule has 0 saturated heterocycles. The van der Waals surface area contributed by atoms with E-state index in [4.69, 9.17) is 27.9 Å². The molecule has 0 heterocycles. The molecule has 2 aromatic rings. The maximum atomic E-state index is 11.9. The van der Waals surface area contributed by atoms with Crippen LogP contribution in [0, 0.1) is 0 Å². The Hall–Kier alpha value is -2.57. The van der Waals surface area contributed by atoms with Crippen molar-refractivity contribution in [2.45, 2.75) is 6.92 Å². The summed E-state index contributed by atoms with van der Waals surface area (Å²) < 4.78 is 4.93. The van der Waals surface area contributed by atoms with E-state index < -0.39 is 18.5 Å². The minimum Gasteiger partial charge on any atom is -0.452 e. The zero-order valence-corrected chi connectivity index (χ0v) is 14.6. The van der Waals surface area contributed by atoms with Crippen LogP contribution in [0.5, 0.6) is 0 Å². The third kappa shape index (κ3) is 5.77. The Kier molecular flexibility index (Phi) is 6.38. The Labute approximate surface area is 154 Å². The van der Waals surface area contributed by atoms with Crippen LogP contribution in [0.2, 0.25) is 10.0 Å². The minimum atomic E-state index is -0.733. The van der Waals surface area contributed by atoms with E-state index in [0.717, 1.165) is 0 Å². The second-order valence-corrected chi connectivity index (χ2v) is 5.85. The van der Waals surface area contributed by atoms with E-state index in [1.807, 2.05) is 0 Å². The summed E-state index contributed by atoms with van der Waals surface area (Å²) in [6.07, 6.45) is 0. The van der Waals surface area contributed by atoms with Crippen molar-refractivity contribution in [2.24, 2.45) is 0 Å². The third-order valence-corrected chi connectivity index (χ3v) is 3.50. The van der Waals surface area contributed by atoms with Crippen LogP contribution >= 0.6 is 23.2 Å². The number of nitrogens with one attached hydrogen (secondary N) is 2. The maximum Gasteiger partial charge on any atom is 0.340 e. The summed E-state index contributed by atoms with van der Waals surface area (Å²) >= 11 is 11.7. The smallest absolute Gasteiger partial charge is 0.340 e. The minimum absolute atomic E-state index is 0.117. The van der Waals surface area contributed by atoms with Crippen molar-refractivity contribution in [1.82, 2.24) is 0 Å². The molecule has 2 amide bonds. The average molecular weight is 381 g/mol. The van der Waals surface area contributed by atoms with Crippen LogP contribution in [0.15, 0.2) is 42.5 Å². The number of rotatable bonds is 5. The molecule has 0 saturated carbocycles. The molecule has 0 unspecified atom stereocenters. The Morgan fingerprint density at radius 3 is 2.32 bits per heavy atom. The van der Waals surface area contributed by atoms with E-state index in [-0.39, 0.29) is 16.5 Å². The van der Waals surface area contributed by atoms with Gasteiger partial charge in [-0.2, -0.15) is 0 Å². The molecule has 2 rings (SSSR count). The number of hydrogen-bond acceptors (Lipinski definition) is 4. The van der Waals surface area contributed by atoms with Crippen molar-refractivity contribution in [2.75, 3.05) is 17.2 Å². The zero-order valence-electron chi connectivity index (χ0n) is 13.1. The van der Waals surface area contributed by atoms with E-state index in [1.165, 1.54) is 25.1 Å². The SMILES string of the molecule is CC(=O)Nc1cccc(NC(=O)COC(=O)c2ccc(Cl)cc2Cl)c1. The molecule has 0 aliphatic rings. The van der Waals surface area contributed by atoms with Gasteiger partial charge < -0.3 is 15.4 Å². The molecule has 0 fully saturated rings. The molecule has 6 nitrogen and oxygen atoms in total. The molecule has 0 aromatic heterocycles. The molecule has 0 bridgehead atoms. The molecular weight excluding hydrogens is 367 g/mol. The van der Waals surface area contributed by atoms with Gasteiger partial charge in [-0.3, -0.25) is 9.59 Å². The van der Waals surface area contributed by atoms with Crippen molar-refractivity contribution in [1.29, 1.82) is 0 Å². The van der Waals surface area contributed by atoms with Crippen LogP contribution in [0.25, 0.3) is 0 Å². The molecular formula is C17H14Cl2N2O4. The lowest BCUT2D eigenvalue weighted by atomic mass is 10.2. The molecule has 8 heteroatoms. The van der Waals surface area contributed by atoms with Gasteiger partial charge in [0, 0.05) is 23.3 Å². The number of ether oxygens (including phenoxy) is 1. The second kappa shape index (κ2) is 8.50. The highest BCUT2D eigenvalue weighted by Gasteiger charge is 2.14. The second-order valence-electron chi connectivity index (χ2n) is 5.01. The number of carbonyl (C=O) groups excluding carboxylic acids is 3. The number of esters is 1. The maximum absolute atomic E-state index is 11.9. The van der Waals surface area contributed by atoms with Gasteiger partial charge >= 0.3 is 5.97 Å². The first-order chi connectivity index (χ1) is 11.8. The highest BCUT2D eigenvalue weighted by atomic mass is 35.5. The number of carbonyl (C=O) groups is 3. The number of hydrogen-bond donors (Lipinski definition) is 2. The largest absolute Gasteiger partial charge is 0.452 e. The van der Waals surface area contributed by atoms with Crippen molar-refractivity contribution in [3.8, 4) is 0 Å². The number of benzene rings is 2. The fraction of sp³-hybridized carbons (Fsp3) is 0.118. The van der Waals surface area contributed by atoms with Crippen LogP contribution in [0.3, 0.4) is 0 Å². The van der Waals surface area contributed by atoms with E-state index >= 15 is 0 Å². The monoisotopic (exact) mass is 380 g/mol. The lowest BCUT2D eigenvalue weighted by molar-refractivity contribution is -0.119. The first kappa shape index (κ1) is 18.8. The predicted octanol–water partition coefficient (Wildman–Crippen LogP) is 3.75. The van der Waals surface area contributed by atoms with Gasteiger partial charge in [-0.25, -0.2) is 4.79 Å². The quantitative estimate of drug-likeness (QED) is 0.773. The van der Waals surface area contributed by atoms with Gasteiger partial charge in [0.1, 0.15) is 0 Å². The summed E-state index contributed by atoms with van der Waals surface area (Å²) in [5, 5.41) is 5.69. The summed E-state index contributed by atoms with van der Waals surface area (Å²) in [5.74, 6) is -1.49. The van der Waals surface area contributed by atoms with Gasteiger partial charge in [0.15, 0.2) is 6.61 Å². The van der Waals surface area contributed by atoms with Crippen molar-refractivity contribution >= 4 is 52.4 Å². The Morgan fingerprint density at radius 2 is 1.68 bits per heavy atom.